The molecule has 0 saturated heterocycles. The van der Waals surface area contributed by atoms with E-state index in [-0.39, 0.29) is 0 Å². The molecule has 21 heavy (non-hydrogen) atoms. The van der Waals surface area contributed by atoms with E-state index in [0.29, 0.717) is 16.4 Å². The molecule has 108 valence electrons. The second kappa shape index (κ2) is 6.41. The van der Waals surface area contributed by atoms with Crippen LogP contribution in [0, 0.1) is 13.8 Å². The van der Waals surface area contributed by atoms with Crippen LogP contribution >= 0.6 is 11.6 Å². The summed E-state index contributed by atoms with van der Waals surface area (Å²) < 4.78 is 0. The molecule has 2 aromatic rings. The lowest BCUT2D eigenvalue weighted by Gasteiger charge is -2.09. The van der Waals surface area contributed by atoms with E-state index in [2.05, 4.69) is 10.6 Å². The Balaban J connectivity index is 2.02. The van der Waals surface area contributed by atoms with Crippen LogP contribution in [0.3, 0.4) is 0 Å². The number of rotatable bonds is 2. The normalized spacial score (nSPS) is 10.0. The highest BCUT2D eigenvalue weighted by atomic mass is 35.5. The molecule has 2 aromatic carbocycles. The van der Waals surface area contributed by atoms with Crippen molar-refractivity contribution in [3.8, 4) is 0 Å². The molecule has 0 spiro atoms. The van der Waals surface area contributed by atoms with Gasteiger partial charge in [-0.1, -0.05) is 29.3 Å². The van der Waals surface area contributed by atoms with E-state index in [9.17, 15) is 9.59 Å². The maximum absolute atomic E-state index is 11.9. The van der Waals surface area contributed by atoms with Gasteiger partial charge in [0.1, 0.15) is 0 Å². The van der Waals surface area contributed by atoms with Gasteiger partial charge in [-0.05, 0) is 49.7 Å². The van der Waals surface area contributed by atoms with Crippen molar-refractivity contribution >= 4 is 34.8 Å². The third-order valence-electron chi connectivity index (χ3n) is 2.94. The molecule has 4 nitrogen and oxygen atoms in total. The number of benzene rings is 2. The number of aryl methyl sites for hydroxylation is 2. The summed E-state index contributed by atoms with van der Waals surface area (Å²) in [4.78, 5) is 23.7. The molecule has 0 aliphatic rings. The predicted octanol–water partition coefficient (Wildman–Crippen LogP) is 3.53. The first-order valence-corrected chi connectivity index (χ1v) is 6.78. The second-order valence-electron chi connectivity index (χ2n) is 4.73. The van der Waals surface area contributed by atoms with Crippen molar-refractivity contribution in [2.45, 2.75) is 13.8 Å². The van der Waals surface area contributed by atoms with Gasteiger partial charge in [0, 0.05) is 16.4 Å². The summed E-state index contributed by atoms with van der Waals surface area (Å²) in [6.07, 6.45) is 0. The summed E-state index contributed by atoms with van der Waals surface area (Å²) in [7, 11) is 0. The first-order valence-electron chi connectivity index (χ1n) is 6.41. The van der Waals surface area contributed by atoms with E-state index in [0.717, 1.165) is 11.1 Å². The number of amides is 2. The number of nitrogens with one attached hydrogen (secondary N) is 2. The van der Waals surface area contributed by atoms with Gasteiger partial charge in [0.2, 0.25) is 0 Å². The lowest BCUT2D eigenvalue weighted by molar-refractivity contribution is -0.133. The summed E-state index contributed by atoms with van der Waals surface area (Å²) in [5.74, 6) is -1.44. The quantitative estimate of drug-likeness (QED) is 0.834. The number of carbonyl (C=O) groups excluding carboxylic acids is 2. The topological polar surface area (TPSA) is 58.2 Å². The third kappa shape index (κ3) is 4.07. The Morgan fingerprint density at radius 1 is 0.905 bits per heavy atom. The van der Waals surface area contributed by atoms with Gasteiger partial charge in [-0.15, -0.1) is 0 Å². The van der Waals surface area contributed by atoms with Crippen molar-refractivity contribution in [1.29, 1.82) is 0 Å². The van der Waals surface area contributed by atoms with Crippen molar-refractivity contribution in [2.24, 2.45) is 0 Å². The minimum atomic E-state index is -0.725. The monoisotopic (exact) mass is 302 g/mol. The fourth-order valence-corrected chi connectivity index (χ4v) is 1.98. The Labute approximate surface area is 128 Å². The molecule has 0 bridgehead atoms. The number of hydrogen-bond donors (Lipinski definition) is 2. The van der Waals surface area contributed by atoms with Gasteiger partial charge in [-0.3, -0.25) is 9.59 Å². The first kappa shape index (κ1) is 15.1. The Kier molecular flexibility index (Phi) is 4.60. The molecule has 2 N–H and O–H groups in total. The molecule has 0 atom stereocenters. The van der Waals surface area contributed by atoms with Crippen LogP contribution in [0.2, 0.25) is 5.02 Å². The molecule has 5 heteroatoms. The smallest absolute Gasteiger partial charge is 0.314 e. The maximum Gasteiger partial charge on any atom is 0.314 e. The van der Waals surface area contributed by atoms with Crippen LogP contribution in [0.1, 0.15) is 11.1 Å². The SMILES string of the molecule is Cc1ccc(NC(=O)C(=O)Nc2ccc(Cl)cc2)c(C)c1. The fourth-order valence-electron chi connectivity index (χ4n) is 1.85. The third-order valence-corrected chi connectivity index (χ3v) is 3.19. The highest BCUT2D eigenvalue weighted by Gasteiger charge is 2.14. The zero-order valence-electron chi connectivity index (χ0n) is 11.7. The predicted molar refractivity (Wildman–Crippen MR) is 84.6 cm³/mol. The summed E-state index contributed by atoms with van der Waals surface area (Å²) in [6.45, 7) is 3.84. The molecule has 2 amide bonds. The number of anilines is 2. The molecule has 0 heterocycles. The summed E-state index contributed by atoms with van der Waals surface area (Å²) >= 11 is 5.76. The molecule has 0 aromatic heterocycles. The zero-order valence-corrected chi connectivity index (χ0v) is 12.5. The number of halogens is 1. The van der Waals surface area contributed by atoms with Gasteiger partial charge in [0.05, 0.1) is 0 Å². The lowest BCUT2D eigenvalue weighted by Crippen LogP contribution is -2.29. The molecule has 0 radical (unpaired) electrons. The summed E-state index contributed by atoms with van der Waals surface area (Å²) in [5, 5.41) is 5.66. The highest BCUT2D eigenvalue weighted by Crippen LogP contribution is 2.16. The Bertz CT molecular complexity index is 681. The van der Waals surface area contributed by atoms with E-state index in [1.165, 1.54) is 0 Å². The van der Waals surface area contributed by atoms with Gasteiger partial charge in [-0.25, -0.2) is 0 Å². The van der Waals surface area contributed by atoms with Crippen LogP contribution < -0.4 is 10.6 Å². The molecular formula is C16H15ClN2O2. The minimum Gasteiger partial charge on any atom is -0.318 e. The largest absolute Gasteiger partial charge is 0.318 e. The van der Waals surface area contributed by atoms with Crippen LogP contribution in [0.25, 0.3) is 0 Å². The number of carbonyl (C=O) groups is 2. The Morgan fingerprint density at radius 3 is 2.14 bits per heavy atom. The van der Waals surface area contributed by atoms with Crippen molar-refractivity contribution in [3.63, 3.8) is 0 Å². The van der Waals surface area contributed by atoms with Gasteiger partial charge < -0.3 is 10.6 Å². The van der Waals surface area contributed by atoms with Gasteiger partial charge in [-0.2, -0.15) is 0 Å². The van der Waals surface area contributed by atoms with Gasteiger partial charge in [0.25, 0.3) is 0 Å². The molecule has 0 unspecified atom stereocenters. The maximum atomic E-state index is 11.9. The van der Waals surface area contributed by atoms with Gasteiger partial charge >= 0.3 is 11.8 Å². The van der Waals surface area contributed by atoms with Crippen LogP contribution in [0.4, 0.5) is 11.4 Å². The first-order chi connectivity index (χ1) is 9.95. The molecular weight excluding hydrogens is 288 g/mol. The summed E-state index contributed by atoms with van der Waals surface area (Å²) in [6, 6.07) is 12.1. The fraction of sp³-hybridized carbons (Fsp3) is 0.125. The van der Waals surface area contributed by atoms with Crippen LogP contribution in [-0.2, 0) is 9.59 Å². The minimum absolute atomic E-state index is 0.514. The van der Waals surface area contributed by atoms with E-state index >= 15 is 0 Å². The molecule has 0 aliphatic carbocycles. The Morgan fingerprint density at radius 2 is 1.52 bits per heavy atom. The lowest BCUT2D eigenvalue weighted by atomic mass is 10.1. The van der Waals surface area contributed by atoms with E-state index in [4.69, 9.17) is 11.6 Å². The standard InChI is InChI=1S/C16H15ClN2O2/c1-10-3-8-14(11(2)9-10)19-16(21)15(20)18-13-6-4-12(17)5-7-13/h3-9H,1-2H3,(H,18,20)(H,19,21). The van der Waals surface area contributed by atoms with Crippen LogP contribution in [0.5, 0.6) is 0 Å². The Hall–Kier alpha value is -2.33. The average molecular weight is 303 g/mol. The second-order valence-corrected chi connectivity index (χ2v) is 5.17. The number of hydrogen-bond acceptors (Lipinski definition) is 2. The molecule has 0 aliphatic heterocycles. The van der Waals surface area contributed by atoms with Crippen molar-refractivity contribution in [3.05, 3.63) is 58.6 Å². The van der Waals surface area contributed by atoms with Gasteiger partial charge in [0.15, 0.2) is 0 Å². The van der Waals surface area contributed by atoms with Crippen LogP contribution in [-0.4, -0.2) is 11.8 Å². The van der Waals surface area contributed by atoms with Crippen molar-refractivity contribution in [1.82, 2.24) is 0 Å². The highest BCUT2D eigenvalue weighted by molar-refractivity contribution is 6.43. The zero-order chi connectivity index (χ0) is 15.4. The van der Waals surface area contributed by atoms with E-state index in [1.54, 1.807) is 30.3 Å². The molecule has 0 saturated carbocycles. The van der Waals surface area contributed by atoms with Crippen molar-refractivity contribution in [2.75, 3.05) is 10.6 Å². The van der Waals surface area contributed by atoms with E-state index in [1.807, 2.05) is 26.0 Å². The van der Waals surface area contributed by atoms with E-state index < -0.39 is 11.8 Å². The molecule has 0 fully saturated rings. The van der Waals surface area contributed by atoms with Crippen molar-refractivity contribution < 1.29 is 9.59 Å². The molecule has 2 rings (SSSR count). The summed E-state index contributed by atoms with van der Waals surface area (Å²) in [5.41, 5.74) is 3.13. The average Bonchev–Trinajstić information content (AvgIpc) is 2.44. The van der Waals surface area contributed by atoms with Crippen LogP contribution in [0.15, 0.2) is 42.5 Å².